The van der Waals surface area contributed by atoms with Gasteiger partial charge in [0.25, 0.3) is 8.32 Å². The molecule has 0 aliphatic carbocycles. The van der Waals surface area contributed by atoms with Crippen LogP contribution in [-0.4, -0.2) is 49.8 Å². The van der Waals surface area contributed by atoms with Crippen LogP contribution >= 0.6 is 0 Å². The number of ether oxygens (including phenoxy) is 3. The minimum absolute atomic E-state index is 0.0977. The second kappa shape index (κ2) is 15.9. The Morgan fingerprint density at radius 1 is 0.830 bits per heavy atom. The molecule has 0 N–H and O–H groups in total. The van der Waals surface area contributed by atoms with Crippen LogP contribution in [0, 0.1) is 0 Å². The highest BCUT2D eigenvalue weighted by atomic mass is 28.4. The topological polar surface area (TPSA) is 67.1 Å². The van der Waals surface area contributed by atoms with E-state index in [2.05, 4.69) is 107 Å². The van der Waals surface area contributed by atoms with Crippen LogP contribution in [0.15, 0.2) is 101 Å². The number of rotatable bonds is 15. The zero-order valence-corrected chi connectivity index (χ0v) is 31.2. The van der Waals surface area contributed by atoms with E-state index in [-0.39, 0.29) is 5.04 Å². The van der Waals surface area contributed by atoms with Crippen LogP contribution in [0.5, 0.6) is 5.75 Å². The van der Waals surface area contributed by atoms with Crippen LogP contribution in [0.2, 0.25) is 24.7 Å². The summed E-state index contributed by atoms with van der Waals surface area (Å²) >= 11 is 0. The standard InChI is InChI=1S/C39H50O6Si2/c1-39(2,3)47(33-15-11-9-12-16-33,34-17-13-10-14-18-34)44-26-23-35(46(6,7)8)27-32-28-36(38(40)42-5)37(45-32)24-25-43-29-30-19-21-31(41-4)22-20-30/h9-22,27-28H,23-26,29H2,1-8H3/b35-27-. The number of methoxy groups -OCH3 is 2. The van der Waals surface area contributed by atoms with Crippen molar-refractivity contribution in [3.63, 3.8) is 0 Å². The predicted octanol–water partition coefficient (Wildman–Crippen LogP) is 8.06. The lowest BCUT2D eigenvalue weighted by atomic mass is 10.2. The number of benzene rings is 3. The Kier molecular flexibility index (Phi) is 12.3. The number of hydrogen-bond donors (Lipinski definition) is 0. The van der Waals surface area contributed by atoms with Crippen LogP contribution in [0.1, 0.15) is 54.6 Å². The van der Waals surface area contributed by atoms with Gasteiger partial charge < -0.3 is 23.1 Å². The molecule has 1 aromatic heterocycles. The molecule has 0 atom stereocenters. The highest BCUT2D eigenvalue weighted by molar-refractivity contribution is 6.99. The van der Waals surface area contributed by atoms with E-state index < -0.39 is 22.4 Å². The maximum Gasteiger partial charge on any atom is 0.341 e. The molecule has 4 aromatic rings. The van der Waals surface area contributed by atoms with E-state index in [0.717, 1.165) is 17.7 Å². The van der Waals surface area contributed by atoms with E-state index in [1.807, 2.05) is 24.3 Å². The molecule has 0 radical (unpaired) electrons. The summed E-state index contributed by atoms with van der Waals surface area (Å²) in [5, 5.41) is 3.75. The molecule has 0 aliphatic rings. The van der Waals surface area contributed by atoms with Crippen molar-refractivity contribution >= 4 is 38.8 Å². The quantitative estimate of drug-likeness (QED) is 0.0724. The first-order valence-electron chi connectivity index (χ1n) is 16.3. The predicted molar refractivity (Wildman–Crippen MR) is 196 cm³/mol. The molecule has 0 unspecified atom stereocenters. The summed E-state index contributed by atoms with van der Waals surface area (Å²) in [5.74, 6) is 1.61. The molecule has 0 amide bonds. The minimum Gasteiger partial charge on any atom is -0.497 e. The van der Waals surface area contributed by atoms with Gasteiger partial charge >= 0.3 is 5.97 Å². The van der Waals surface area contributed by atoms with Crippen molar-refractivity contribution in [2.45, 2.75) is 64.9 Å². The van der Waals surface area contributed by atoms with Gasteiger partial charge in [0.05, 0.1) is 35.5 Å². The second-order valence-electron chi connectivity index (χ2n) is 13.8. The van der Waals surface area contributed by atoms with Crippen molar-refractivity contribution in [2.24, 2.45) is 0 Å². The van der Waals surface area contributed by atoms with Crippen LogP contribution in [-0.2, 0) is 26.9 Å². The van der Waals surface area contributed by atoms with Crippen molar-refractivity contribution in [3.8, 4) is 5.75 Å². The van der Waals surface area contributed by atoms with E-state index >= 15 is 0 Å². The minimum atomic E-state index is -2.66. The third-order valence-corrected chi connectivity index (χ3v) is 15.9. The van der Waals surface area contributed by atoms with Crippen LogP contribution in [0.3, 0.4) is 0 Å². The van der Waals surface area contributed by atoms with Crippen molar-refractivity contribution in [2.75, 3.05) is 27.4 Å². The summed E-state index contributed by atoms with van der Waals surface area (Å²) in [6, 6.07) is 31.0. The summed E-state index contributed by atoms with van der Waals surface area (Å²) in [5.41, 5.74) is 1.48. The number of furan rings is 1. The normalized spacial score (nSPS) is 12.6. The van der Waals surface area contributed by atoms with E-state index in [1.54, 1.807) is 13.2 Å². The fraction of sp³-hybridized carbons (Fsp3) is 0.359. The zero-order valence-electron chi connectivity index (χ0n) is 29.2. The molecule has 0 aliphatic heterocycles. The van der Waals surface area contributed by atoms with Crippen LogP contribution in [0.25, 0.3) is 6.08 Å². The van der Waals surface area contributed by atoms with Gasteiger partial charge in [0.1, 0.15) is 22.8 Å². The number of carbonyl (C=O) groups is 1. The first-order valence-corrected chi connectivity index (χ1v) is 21.7. The molecule has 8 heteroatoms. The number of carbonyl (C=O) groups excluding carboxylic acids is 1. The Balaban J connectivity index is 1.56. The smallest absolute Gasteiger partial charge is 0.341 e. The third-order valence-electron chi connectivity index (χ3n) is 8.52. The number of hydrogen-bond acceptors (Lipinski definition) is 6. The molecule has 0 spiro atoms. The molecule has 3 aromatic carbocycles. The molecule has 0 bridgehead atoms. The summed E-state index contributed by atoms with van der Waals surface area (Å²) in [6.07, 6.45) is 3.34. The van der Waals surface area contributed by atoms with E-state index in [1.165, 1.54) is 22.7 Å². The maximum absolute atomic E-state index is 12.7. The van der Waals surface area contributed by atoms with Crippen molar-refractivity contribution in [1.29, 1.82) is 0 Å². The van der Waals surface area contributed by atoms with Gasteiger partial charge in [0.2, 0.25) is 0 Å². The third kappa shape index (κ3) is 9.02. The van der Waals surface area contributed by atoms with Gasteiger partial charge in [-0.15, -0.1) is 0 Å². The van der Waals surface area contributed by atoms with Gasteiger partial charge in [-0.3, -0.25) is 0 Å². The van der Waals surface area contributed by atoms with Gasteiger partial charge in [0.15, 0.2) is 0 Å². The monoisotopic (exact) mass is 670 g/mol. The van der Waals surface area contributed by atoms with Crippen LogP contribution < -0.4 is 15.1 Å². The largest absolute Gasteiger partial charge is 0.497 e. The fourth-order valence-electron chi connectivity index (χ4n) is 5.98. The maximum atomic E-state index is 12.7. The SMILES string of the molecule is COC(=O)c1cc(/C=C(/CCO[Si](c2ccccc2)(c2ccccc2)C(C)(C)C)[Si](C)(C)C)oc1CCOCc1ccc(OC)cc1. The summed E-state index contributed by atoms with van der Waals surface area (Å²) < 4.78 is 29.8. The zero-order chi connectivity index (χ0) is 34.1. The molecular weight excluding hydrogens is 621 g/mol. The summed E-state index contributed by atoms with van der Waals surface area (Å²) in [7, 11) is -1.42. The molecule has 250 valence electrons. The average molecular weight is 671 g/mol. The van der Waals surface area contributed by atoms with E-state index in [4.69, 9.17) is 23.1 Å². The van der Waals surface area contributed by atoms with Gasteiger partial charge in [-0.2, -0.15) is 0 Å². The van der Waals surface area contributed by atoms with Crippen molar-refractivity contribution in [3.05, 3.63) is 119 Å². The highest BCUT2D eigenvalue weighted by Gasteiger charge is 2.50. The first-order chi connectivity index (χ1) is 22.4. The van der Waals surface area contributed by atoms with Crippen molar-refractivity contribution in [1.82, 2.24) is 0 Å². The Morgan fingerprint density at radius 3 is 1.94 bits per heavy atom. The molecule has 0 saturated heterocycles. The lowest BCUT2D eigenvalue weighted by Crippen LogP contribution is -2.66. The Labute approximate surface area is 282 Å². The van der Waals surface area contributed by atoms with Gasteiger partial charge in [-0.05, 0) is 51.7 Å². The Hall–Kier alpha value is -3.70. The fourth-order valence-corrected chi connectivity index (χ4v) is 12.0. The van der Waals surface area contributed by atoms with Crippen molar-refractivity contribution < 1.29 is 27.8 Å². The Bertz CT molecular complexity index is 1560. The van der Waals surface area contributed by atoms with Gasteiger partial charge in [0, 0.05) is 13.0 Å². The number of esters is 1. The lowest BCUT2D eigenvalue weighted by molar-refractivity contribution is 0.0596. The van der Waals surface area contributed by atoms with E-state index in [0.29, 0.717) is 43.3 Å². The molecule has 47 heavy (non-hydrogen) atoms. The molecular formula is C39H50O6Si2. The molecule has 1 heterocycles. The summed E-state index contributed by atoms with van der Waals surface area (Å²) in [6.45, 7) is 15.3. The molecule has 0 fully saturated rings. The molecule has 0 saturated carbocycles. The summed E-state index contributed by atoms with van der Waals surface area (Å²) in [4.78, 5) is 12.7. The Morgan fingerprint density at radius 2 is 1.43 bits per heavy atom. The molecule has 6 nitrogen and oxygen atoms in total. The highest BCUT2D eigenvalue weighted by Crippen LogP contribution is 2.37. The first kappa shape index (κ1) is 36.1. The van der Waals surface area contributed by atoms with Crippen LogP contribution in [0.4, 0.5) is 0 Å². The molecule has 4 rings (SSSR count). The van der Waals surface area contributed by atoms with E-state index in [9.17, 15) is 4.79 Å². The second-order valence-corrected chi connectivity index (χ2v) is 23.3. The average Bonchev–Trinajstić information content (AvgIpc) is 3.46. The van der Waals surface area contributed by atoms with Gasteiger partial charge in [-0.25, -0.2) is 4.79 Å². The lowest BCUT2D eigenvalue weighted by Gasteiger charge is -2.43. The van der Waals surface area contributed by atoms with Gasteiger partial charge in [-0.1, -0.05) is 118 Å².